The third kappa shape index (κ3) is 11.6. The smallest absolute Gasteiger partial charge is 0.306 e. The molecule has 0 fully saturated rings. The van der Waals surface area contributed by atoms with E-state index in [0.717, 1.165) is 19.1 Å². The average Bonchev–Trinajstić information content (AvgIpc) is 2.25. The number of hydrogen-bond acceptors (Lipinski definition) is 5. The Morgan fingerprint density at radius 3 is 2.35 bits per heavy atom. The van der Waals surface area contributed by atoms with E-state index in [1.165, 1.54) is 0 Å². The molecule has 0 heterocycles. The quantitative estimate of drug-likeness (QED) is 0.229. The van der Waals surface area contributed by atoms with Crippen LogP contribution in [0.25, 0.3) is 0 Å². The summed E-state index contributed by atoms with van der Waals surface area (Å²) in [5.41, 5.74) is 0. The van der Waals surface area contributed by atoms with Gasteiger partial charge in [0.05, 0.1) is 21.1 Å². The molecule has 6 nitrogen and oxygen atoms in total. The molecule has 0 aromatic carbocycles. The summed E-state index contributed by atoms with van der Waals surface area (Å²) in [6.07, 6.45) is 2.86. The summed E-state index contributed by atoms with van der Waals surface area (Å²) in [6.45, 7) is 0.421. The third-order valence-corrected chi connectivity index (χ3v) is 2.65. The molecule has 20 heavy (non-hydrogen) atoms. The highest BCUT2D eigenvalue weighted by Gasteiger charge is 2.22. The lowest BCUT2D eigenvalue weighted by Gasteiger charge is -2.29. The predicted octanol–water partition coefficient (Wildman–Crippen LogP) is -0.106. The first-order valence-electron chi connectivity index (χ1n) is 6.88. The van der Waals surface area contributed by atoms with Crippen molar-refractivity contribution in [2.24, 2.45) is 0 Å². The van der Waals surface area contributed by atoms with E-state index in [0.29, 0.717) is 23.9 Å². The number of esters is 1. The van der Waals surface area contributed by atoms with Crippen LogP contribution in [0.3, 0.4) is 0 Å². The van der Waals surface area contributed by atoms with Crippen molar-refractivity contribution >= 4 is 18.2 Å². The van der Waals surface area contributed by atoms with E-state index in [4.69, 9.17) is 4.74 Å². The summed E-state index contributed by atoms with van der Waals surface area (Å²) in [5.74, 6) is -1.61. The molecule has 0 bridgehead atoms. The molecule has 0 aliphatic carbocycles. The van der Waals surface area contributed by atoms with Crippen LogP contribution >= 0.6 is 0 Å². The number of carboxylic acid groups (broad SMARTS) is 1. The Morgan fingerprint density at radius 1 is 1.20 bits per heavy atom. The molecule has 0 aromatic rings. The molecule has 0 aliphatic rings. The van der Waals surface area contributed by atoms with Crippen molar-refractivity contribution in [3.8, 4) is 0 Å². The highest BCUT2D eigenvalue weighted by atomic mass is 16.5. The van der Waals surface area contributed by atoms with Gasteiger partial charge in [0, 0.05) is 25.2 Å². The van der Waals surface area contributed by atoms with Crippen LogP contribution in [0.15, 0.2) is 0 Å². The van der Waals surface area contributed by atoms with Gasteiger partial charge in [-0.2, -0.15) is 0 Å². The lowest BCUT2D eigenvalue weighted by Crippen LogP contribution is -2.45. The molecule has 116 valence electrons. The zero-order chi connectivity index (χ0) is 15.6. The molecule has 0 saturated heterocycles. The number of rotatable bonds is 11. The number of carbonyl (C=O) groups excluding carboxylic acids is 3. The van der Waals surface area contributed by atoms with E-state index in [-0.39, 0.29) is 12.8 Å². The summed E-state index contributed by atoms with van der Waals surface area (Å²) in [6, 6.07) is 0. The van der Waals surface area contributed by atoms with E-state index in [2.05, 4.69) is 0 Å². The first-order chi connectivity index (χ1) is 9.24. The maximum absolute atomic E-state index is 11.6. The summed E-state index contributed by atoms with van der Waals surface area (Å²) in [7, 11) is 5.70. The van der Waals surface area contributed by atoms with E-state index >= 15 is 0 Å². The lowest BCUT2D eigenvalue weighted by molar-refractivity contribution is -0.873. The van der Waals surface area contributed by atoms with Gasteiger partial charge in [-0.15, -0.1) is 0 Å². The van der Waals surface area contributed by atoms with Crippen LogP contribution in [0.5, 0.6) is 0 Å². The fourth-order valence-electron chi connectivity index (χ4n) is 1.86. The minimum atomic E-state index is -1.22. The first-order valence-corrected chi connectivity index (χ1v) is 6.88. The number of carboxylic acids is 1. The standard InChI is InChI=1S/C14H25NO5/c1-15(2,3)11-12(10-13(17)18)20-14(19)8-6-4-5-7-9-16/h9,12H,4-8,10-11H2,1-3H3. The number of aliphatic carboxylic acids is 1. The molecule has 0 N–H and O–H groups in total. The Morgan fingerprint density at radius 2 is 1.85 bits per heavy atom. The number of carbonyl (C=O) groups is 3. The number of aldehydes is 1. The highest BCUT2D eigenvalue weighted by Crippen LogP contribution is 2.08. The van der Waals surface area contributed by atoms with Crippen LogP contribution in [0.4, 0.5) is 0 Å². The monoisotopic (exact) mass is 287 g/mol. The number of hydrogen-bond donors (Lipinski definition) is 0. The van der Waals surface area contributed by atoms with Crippen LogP contribution in [0.2, 0.25) is 0 Å². The zero-order valence-corrected chi connectivity index (χ0v) is 12.6. The summed E-state index contributed by atoms with van der Waals surface area (Å²) in [5, 5.41) is 10.7. The Hall–Kier alpha value is -1.43. The van der Waals surface area contributed by atoms with Crippen molar-refractivity contribution in [2.75, 3.05) is 27.7 Å². The van der Waals surface area contributed by atoms with Gasteiger partial charge in [0.25, 0.3) is 0 Å². The topological polar surface area (TPSA) is 83.5 Å². The average molecular weight is 287 g/mol. The van der Waals surface area contributed by atoms with Crippen molar-refractivity contribution in [1.82, 2.24) is 0 Å². The summed E-state index contributed by atoms with van der Waals surface area (Å²) < 4.78 is 5.70. The van der Waals surface area contributed by atoms with Crippen molar-refractivity contribution in [3.63, 3.8) is 0 Å². The van der Waals surface area contributed by atoms with E-state index in [9.17, 15) is 19.5 Å². The fourth-order valence-corrected chi connectivity index (χ4v) is 1.86. The van der Waals surface area contributed by atoms with Crippen LogP contribution in [0, 0.1) is 0 Å². The van der Waals surface area contributed by atoms with Crippen LogP contribution in [0.1, 0.15) is 38.5 Å². The van der Waals surface area contributed by atoms with Crippen molar-refractivity contribution in [2.45, 2.75) is 44.6 Å². The third-order valence-electron chi connectivity index (χ3n) is 2.65. The molecule has 0 aromatic heterocycles. The molecule has 0 rings (SSSR count). The van der Waals surface area contributed by atoms with Gasteiger partial charge >= 0.3 is 5.97 Å². The minimum absolute atomic E-state index is 0.250. The van der Waals surface area contributed by atoms with Gasteiger partial charge in [-0.25, -0.2) is 0 Å². The second kappa shape index (κ2) is 9.47. The lowest BCUT2D eigenvalue weighted by atomic mass is 10.1. The Labute approximate surface area is 120 Å². The second-order valence-electron chi connectivity index (χ2n) is 5.93. The van der Waals surface area contributed by atoms with Crippen LogP contribution in [-0.2, 0) is 19.1 Å². The second-order valence-corrected chi connectivity index (χ2v) is 5.93. The molecule has 0 spiro atoms. The van der Waals surface area contributed by atoms with Gasteiger partial charge in [0.1, 0.15) is 12.8 Å². The predicted molar refractivity (Wildman–Crippen MR) is 71.6 cm³/mol. The van der Waals surface area contributed by atoms with Gasteiger partial charge in [0.15, 0.2) is 6.10 Å². The normalized spacial score (nSPS) is 12.8. The molecule has 0 amide bonds. The van der Waals surface area contributed by atoms with E-state index in [1.54, 1.807) is 0 Å². The van der Waals surface area contributed by atoms with Crippen molar-refractivity contribution in [3.05, 3.63) is 0 Å². The number of likely N-dealkylation sites (N-methyl/N-ethyl adjacent to an activating group) is 1. The highest BCUT2D eigenvalue weighted by molar-refractivity contribution is 5.70. The van der Waals surface area contributed by atoms with Gasteiger partial charge in [-0.1, -0.05) is 6.42 Å². The maximum atomic E-state index is 11.6. The summed E-state index contributed by atoms with van der Waals surface area (Å²) in [4.78, 5) is 32.4. The molecular formula is C14H25NO5. The molecule has 0 aliphatic heterocycles. The number of ether oxygens (including phenoxy) is 1. The van der Waals surface area contributed by atoms with Gasteiger partial charge in [-0.3, -0.25) is 4.79 Å². The molecular weight excluding hydrogens is 262 g/mol. The molecule has 1 atom stereocenters. The maximum Gasteiger partial charge on any atom is 0.306 e. The minimum Gasteiger partial charge on any atom is -0.550 e. The molecule has 0 saturated carbocycles. The SMILES string of the molecule is C[N+](C)(C)CC(CC(=O)[O-])OC(=O)CCCCCC=O. The van der Waals surface area contributed by atoms with E-state index in [1.807, 2.05) is 21.1 Å². The Balaban J connectivity index is 4.11. The van der Waals surface area contributed by atoms with Gasteiger partial charge in [0.2, 0.25) is 0 Å². The van der Waals surface area contributed by atoms with Gasteiger partial charge in [-0.05, 0) is 12.8 Å². The van der Waals surface area contributed by atoms with Crippen LogP contribution in [-0.4, -0.2) is 56.5 Å². The largest absolute Gasteiger partial charge is 0.550 e. The van der Waals surface area contributed by atoms with Crippen LogP contribution < -0.4 is 5.11 Å². The molecule has 0 radical (unpaired) electrons. The van der Waals surface area contributed by atoms with Crippen molar-refractivity contribution < 1.29 is 28.7 Å². The number of quaternary nitrogens is 1. The van der Waals surface area contributed by atoms with Gasteiger partial charge < -0.3 is 23.9 Å². The van der Waals surface area contributed by atoms with Crippen molar-refractivity contribution in [1.29, 1.82) is 0 Å². The number of unbranched alkanes of at least 4 members (excludes halogenated alkanes) is 3. The molecule has 1 unspecified atom stereocenters. The first kappa shape index (κ1) is 18.6. The zero-order valence-electron chi connectivity index (χ0n) is 12.6. The van der Waals surface area contributed by atoms with E-state index < -0.39 is 18.0 Å². The Kier molecular flexibility index (Phi) is 8.79. The summed E-state index contributed by atoms with van der Waals surface area (Å²) >= 11 is 0. The fraction of sp³-hybridized carbons (Fsp3) is 0.786. The number of nitrogens with zero attached hydrogens (tertiary/aromatic N) is 1. The molecule has 6 heteroatoms. The Bertz CT molecular complexity index is 322.